The second-order valence-electron chi connectivity index (χ2n) is 6.87. The Bertz CT molecular complexity index is 1330. The Balaban J connectivity index is 1.46. The Morgan fingerprint density at radius 1 is 1.22 bits per heavy atom. The van der Waals surface area contributed by atoms with E-state index in [0.717, 1.165) is 22.2 Å². The van der Waals surface area contributed by atoms with Gasteiger partial charge in [-0.25, -0.2) is 17.8 Å². The smallest absolute Gasteiger partial charge is 0.257 e. The number of thiophene rings is 1. The highest BCUT2D eigenvalue weighted by Gasteiger charge is 2.19. The number of fused-ring (bicyclic) bond motifs is 1. The monoisotopic (exact) mass is 490 g/mol. The van der Waals surface area contributed by atoms with Crippen LogP contribution in [0, 0.1) is 5.82 Å². The second kappa shape index (κ2) is 9.43. The predicted octanol–water partition coefficient (Wildman–Crippen LogP) is 4.82. The summed E-state index contributed by atoms with van der Waals surface area (Å²) in [5.74, 6) is -0.534. The Morgan fingerprint density at radius 2 is 2.00 bits per heavy atom. The molecule has 1 atom stereocenters. The van der Waals surface area contributed by atoms with Crippen LogP contribution < -0.4 is 5.32 Å². The molecule has 2 heterocycles. The highest BCUT2D eigenvalue weighted by Crippen LogP contribution is 2.28. The normalized spacial score (nSPS) is 12.7. The molecule has 0 radical (unpaired) electrons. The van der Waals surface area contributed by atoms with E-state index in [9.17, 15) is 17.6 Å². The molecule has 166 valence electrons. The number of nitrogens with one attached hydrogen (secondary N) is 1. The average Bonchev–Trinajstić information content (AvgIpc) is 3.46. The maximum absolute atomic E-state index is 13.3. The molecule has 0 spiro atoms. The SMILES string of the molecule is CCS(=O)(=O)c1ccc2oc(SCC(=O)N[C@H](c3ccc(F)cc3)c3cccs3)nc2c1. The van der Waals surface area contributed by atoms with Gasteiger partial charge in [0.25, 0.3) is 5.22 Å². The summed E-state index contributed by atoms with van der Waals surface area (Å²) in [6, 6.07) is 14.0. The minimum absolute atomic E-state index is 0.00238. The van der Waals surface area contributed by atoms with E-state index < -0.39 is 15.9 Å². The van der Waals surface area contributed by atoms with E-state index in [-0.39, 0.29) is 33.3 Å². The Morgan fingerprint density at radius 3 is 2.69 bits per heavy atom. The number of hydrogen-bond acceptors (Lipinski definition) is 7. The third-order valence-electron chi connectivity index (χ3n) is 4.74. The molecule has 4 aromatic rings. The molecule has 0 unspecified atom stereocenters. The molecular weight excluding hydrogens is 471 g/mol. The summed E-state index contributed by atoms with van der Waals surface area (Å²) in [7, 11) is -3.35. The Labute approximate surface area is 192 Å². The molecule has 0 saturated heterocycles. The first kappa shape index (κ1) is 22.5. The number of nitrogens with zero attached hydrogens (tertiary/aromatic N) is 1. The van der Waals surface area contributed by atoms with E-state index in [1.165, 1.54) is 35.6 Å². The van der Waals surface area contributed by atoms with E-state index in [2.05, 4.69) is 10.3 Å². The molecule has 32 heavy (non-hydrogen) atoms. The highest BCUT2D eigenvalue weighted by atomic mass is 32.2. The first-order chi connectivity index (χ1) is 15.4. The van der Waals surface area contributed by atoms with Crippen LogP contribution in [-0.2, 0) is 14.6 Å². The molecule has 0 aliphatic rings. The molecule has 4 rings (SSSR count). The minimum Gasteiger partial charge on any atom is -0.431 e. The van der Waals surface area contributed by atoms with Crippen LogP contribution in [-0.4, -0.2) is 30.8 Å². The molecule has 0 bridgehead atoms. The molecule has 1 amide bonds. The Hall–Kier alpha value is -2.69. The quantitative estimate of drug-likeness (QED) is 0.356. The van der Waals surface area contributed by atoms with Gasteiger partial charge in [0, 0.05) is 4.88 Å². The summed E-state index contributed by atoms with van der Waals surface area (Å²) in [5, 5.41) is 5.16. The number of amides is 1. The third kappa shape index (κ3) is 5.03. The maximum atomic E-state index is 13.3. The van der Waals surface area contributed by atoms with Crippen molar-refractivity contribution >= 4 is 49.9 Å². The van der Waals surface area contributed by atoms with Gasteiger partial charge in [0.1, 0.15) is 11.3 Å². The van der Waals surface area contributed by atoms with Crippen molar-refractivity contribution < 1.29 is 22.0 Å². The average molecular weight is 491 g/mol. The summed E-state index contributed by atoms with van der Waals surface area (Å²) in [6.45, 7) is 1.58. The van der Waals surface area contributed by atoms with Crippen LogP contribution in [0.2, 0.25) is 0 Å². The number of sulfone groups is 1. The van der Waals surface area contributed by atoms with Crippen LogP contribution >= 0.6 is 23.1 Å². The number of carbonyl (C=O) groups is 1. The van der Waals surface area contributed by atoms with Crippen molar-refractivity contribution in [1.82, 2.24) is 10.3 Å². The van der Waals surface area contributed by atoms with Crippen LogP contribution in [0.4, 0.5) is 4.39 Å². The topological polar surface area (TPSA) is 89.3 Å². The number of oxazole rings is 1. The largest absolute Gasteiger partial charge is 0.431 e. The van der Waals surface area contributed by atoms with Gasteiger partial charge in [-0.3, -0.25) is 4.79 Å². The van der Waals surface area contributed by atoms with Crippen molar-refractivity contribution in [3.63, 3.8) is 0 Å². The molecule has 10 heteroatoms. The van der Waals surface area contributed by atoms with Crippen LogP contribution in [0.1, 0.15) is 23.4 Å². The fourth-order valence-electron chi connectivity index (χ4n) is 3.07. The minimum atomic E-state index is -3.35. The van der Waals surface area contributed by atoms with Gasteiger partial charge in [-0.15, -0.1) is 11.3 Å². The molecule has 0 fully saturated rings. The number of benzene rings is 2. The van der Waals surface area contributed by atoms with E-state index >= 15 is 0 Å². The van der Waals surface area contributed by atoms with Crippen molar-refractivity contribution in [3.8, 4) is 0 Å². The van der Waals surface area contributed by atoms with Gasteiger partial charge in [0.15, 0.2) is 15.4 Å². The number of carbonyl (C=O) groups excluding carboxylic acids is 1. The van der Waals surface area contributed by atoms with Gasteiger partial charge in [0.05, 0.1) is 22.4 Å². The van der Waals surface area contributed by atoms with Gasteiger partial charge < -0.3 is 9.73 Å². The fourth-order valence-corrected chi connectivity index (χ4v) is 5.42. The van der Waals surface area contributed by atoms with Crippen LogP contribution in [0.25, 0.3) is 11.1 Å². The van der Waals surface area contributed by atoms with Crippen LogP contribution in [0.15, 0.2) is 74.5 Å². The lowest BCUT2D eigenvalue weighted by atomic mass is 10.1. The predicted molar refractivity (Wildman–Crippen MR) is 123 cm³/mol. The van der Waals surface area contributed by atoms with Gasteiger partial charge >= 0.3 is 0 Å². The lowest BCUT2D eigenvalue weighted by Gasteiger charge is -2.18. The molecule has 0 saturated carbocycles. The zero-order valence-electron chi connectivity index (χ0n) is 16.9. The van der Waals surface area contributed by atoms with E-state index in [1.807, 2.05) is 17.5 Å². The zero-order chi connectivity index (χ0) is 22.7. The summed E-state index contributed by atoms with van der Waals surface area (Å²) in [5.41, 5.74) is 1.65. The molecular formula is C22H19FN2O4S3. The van der Waals surface area contributed by atoms with Crippen molar-refractivity contribution in [2.75, 3.05) is 11.5 Å². The summed E-state index contributed by atoms with van der Waals surface area (Å²) in [6.07, 6.45) is 0. The fraction of sp³-hybridized carbons (Fsp3) is 0.182. The third-order valence-corrected chi connectivity index (χ3v) is 8.24. The van der Waals surface area contributed by atoms with E-state index in [4.69, 9.17) is 4.42 Å². The first-order valence-electron chi connectivity index (χ1n) is 9.70. The van der Waals surface area contributed by atoms with Crippen LogP contribution in [0.3, 0.4) is 0 Å². The zero-order valence-corrected chi connectivity index (χ0v) is 19.4. The molecule has 1 N–H and O–H groups in total. The summed E-state index contributed by atoms with van der Waals surface area (Å²) in [4.78, 5) is 18.1. The second-order valence-corrected chi connectivity index (χ2v) is 11.1. The van der Waals surface area contributed by atoms with Gasteiger partial charge in [0.2, 0.25) is 5.91 Å². The van der Waals surface area contributed by atoms with Crippen molar-refractivity contribution in [2.45, 2.75) is 23.1 Å². The number of hydrogen-bond donors (Lipinski definition) is 1. The van der Waals surface area contributed by atoms with Crippen LogP contribution in [0.5, 0.6) is 0 Å². The highest BCUT2D eigenvalue weighted by molar-refractivity contribution is 7.99. The lowest BCUT2D eigenvalue weighted by Crippen LogP contribution is -2.30. The van der Waals surface area contributed by atoms with Crippen molar-refractivity contribution in [1.29, 1.82) is 0 Å². The number of aromatic nitrogens is 1. The molecule has 2 aromatic carbocycles. The van der Waals surface area contributed by atoms with Crippen molar-refractivity contribution in [3.05, 3.63) is 76.2 Å². The number of thioether (sulfide) groups is 1. The Kier molecular flexibility index (Phi) is 6.63. The van der Waals surface area contributed by atoms with E-state index in [1.54, 1.807) is 25.1 Å². The molecule has 2 aromatic heterocycles. The first-order valence-corrected chi connectivity index (χ1v) is 13.2. The standard InChI is InChI=1S/C22H19FN2O4S3/c1-2-32(27,28)16-9-10-18-17(12-16)24-22(29-18)31-13-20(26)25-21(19-4-3-11-30-19)14-5-7-15(23)8-6-14/h3-12,21H,2,13H2,1H3,(H,25,26)/t21-/m1/s1. The number of halogens is 1. The summed E-state index contributed by atoms with van der Waals surface area (Å²) >= 11 is 2.61. The molecule has 0 aliphatic carbocycles. The lowest BCUT2D eigenvalue weighted by molar-refractivity contribution is -0.119. The van der Waals surface area contributed by atoms with Crippen molar-refractivity contribution in [2.24, 2.45) is 0 Å². The van der Waals surface area contributed by atoms with Gasteiger partial charge in [-0.05, 0) is 47.3 Å². The van der Waals surface area contributed by atoms with Gasteiger partial charge in [-0.2, -0.15) is 0 Å². The van der Waals surface area contributed by atoms with Gasteiger partial charge in [-0.1, -0.05) is 36.9 Å². The summed E-state index contributed by atoms with van der Waals surface area (Å²) < 4.78 is 43.1. The van der Waals surface area contributed by atoms with E-state index in [0.29, 0.717) is 11.1 Å². The molecule has 0 aliphatic heterocycles. The number of rotatable bonds is 8. The maximum Gasteiger partial charge on any atom is 0.257 e. The molecule has 6 nitrogen and oxygen atoms in total.